The Morgan fingerprint density at radius 3 is 2.24 bits per heavy atom. The van der Waals surface area contributed by atoms with Crippen molar-refractivity contribution in [2.75, 3.05) is 4.90 Å². The number of primary amides is 1. The second-order valence-corrected chi connectivity index (χ2v) is 12.9. The summed E-state index contributed by atoms with van der Waals surface area (Å²) in [6, 6.07) is 18.3. The highest BCUT2D eigenvalue weighted by molar-refractivity contribution is 6.32. The van der Waals surface area contributed by atoms with Gasteiger partial charge in [0.25, 0.3) is 0 Å². The number of carbonyl (C=O) groups is 5. The number of imide groups is 4. The molecule has 6 atom stereocenters. The number of nitrogens with zero attached hydrogens (tertiary/aromatic N) is 2. The van der Waals surface area contributed by atoms with Crippen molar-refractivity contribution < 1.29 is 29.1 Å². The lowest BCUT2D eigenvalue weighted by Crippen LogP contribution is -2.53. The molecule has 6 amide bonds. The van der Waals surface area contributed by atoms with Gasteiger partial charge in [0, 0.05) is 10.9 Å². The van der Waals surface area contributed by atoms with Gasteiger partial charge in [0.2, 0.25) is 23.6 Å². The second-order valence-electron chi connectivity index (χ2n) is 12.4. The van der Waals surface area contributed by atoms with Crippen LogP contribution in [0, 0.1) is 37.5 Å². The van der Waals surface area contributed by atoms with E-state index in [0.29, 0.717) is 37.9 Å². The number of aromatic hydroxyl groups is 1. The van der Waals surface area contributed by atoms with E-state index in [2.05, 4.69) is 0 Å². The number of nitrogens with two attached hydrogens (primary N) is 1. The van der Waals surface area contributed by atoms with Crippen molar-refractivity contribution in [3.05, 3.63) is 106 Å². The average molecular weight is 624 g/mol. The number of urea groups is 1. The predicted molar refractivity (Wildman–Crippen MR) is 165 cm³/mol. The van der Waals surface area contributed by atoms with Crippen LogP contribution >= 0.6 is 11.6 Å². The molecule has 3 aromatic carbocycles. The Balaban J connectivity index is 1.52. The minimum atomic E-state index is -1.43. The van der Waals surface area contributed by atoms with Gasteiger partial charge in [-0.15, -0.1) is 0 Å². The van der Waals surface area contributed by atoms with Crippen molar-refractivity contribution in [3.8, 4) is 5.75 Å². The Kier molecular flexibility index (Phi) is 6.53. The molecule has 2 heterocycles. The first-order valence-electron chi connectivity index (χ1n) is 14.8. The molecule has 3 fully saturated rings. The van der Waals surface area contributed by atoms with Crippen LogP contribution in [0.2, 0.25) is 5.02 Å². The molecule has 3 aromatic rings. The molecule has 2 aliphatic heterocycles. The first-order chi connectivity index (χ1) is 21.5. The number of phenolic OH excluding ortho intramolecular Hbond substituents is 1. The van der Waals surface area contributed by atoms with Gasteiger partial charge in [0.05, 0.1) is 28.9 Å². The molecule has 0 spiro atoms. The maximum absolute atomic E-state index is 15.2. The Morgan fingerprint density at radius 1 is 0.911 bits per heavy atom. The topological polar surface area (TPSA) is 138 Å². The molecule has 3 N–H and O–H groups in total. The summed E-state index contributed by atoms with van der Waals surface area (Å²) >= 11 is 6.33. The molecule has 4 aliphatic rings. The van der Waals surface area contributed by atoms with Gasteiger partial charge in [-0.1, -0.05) is 71.8 Å². The maximum Gasteiger partial charge on any atom is 0.328 e. The van der Waals surface area contributed by atoms with E-state index in [0.717, 1.165) is 5.57 Å². The van der Waals surface area contributed by atoms with Gasteiger partial charge < -0.3 is 10.8 Å². The van der Waals surface area contributed by atoms with E-state index < -0.39 is 64.7 Å². The summed E-state index contributed by atoms with van der Waals surface area (Å²) in [6.45, 7) is 3.54. The normalized spacial score (nSPS) is 29.0. The standard InChI is InChI=1S/C35H30ClN3O6/c1-17-13-19(14-18(2)29(17)40)28-23-11-12-24-27(32(43)39(30(24)41)34(37)45)25(23)16-26-31(42)38(22-10-6-9-21(36)15-22)33(44)35(26,28)20-7-4-3-5-8-20/h3-11,13-15,24-28,40H,12,16H2,1-2H3,(H2,37,45). The number of anilines is 1. The molecule has 45 heavy (non-hydrogen) atoms. The number of hydrogen-bond acceptors (Lipinski definition) is 6. The van der Waals surface area contributed by atoms with E-state index in [4.69, 9.17) is 17.3 Å². The molecule has 228 valence electrons. The molecule has 0 bridgehead atoms. The average Bonchev–Trinajstić information content (AvgIpc) is 3.40. The number of fused-ring (bicyclic) bond motifs is 4. The Hall–Kier alpha value is -4.76. The van der Waals surface area contributed by atoms with Crippen LogP contribution in [0.4, 0.5) is 10.5 Å². The van der Waals surface area contributed by atoms with Crippen LogP contribution in [0.5, 0.6) is 5.75 Å². The summed E-state index contributed by atoms with van der Waals surface area (Å²) in [6.07, 6.45) is 2.18. The molecule has 9 nitrogen and oxygen atoms in total. The highest BCUT2D eigenvalue weighted by Crippen LogP contribution is 2.64. The van der Waals surface area contributed by atoms with E-state index in [1.807, 2.05) is 48.5 Å². The molecule has 2 aliphatic carbocycles. The van der Waals surface area contributed by atoms with Gasteiger partial charge in [0.1, 0.15) is 5.75 Å². The molecule has 7 rings (SSSR count). The smallest absolute Gasteiger partial charge is 0.328 e. The van der Waals surface area contributed by atoms with E-state index in [1.165, 1.54) is 4.90 Å². The highest BCUT2D eigenvalue weighted by atomic mass is 35.5. The second kappa shape index (κ2) is 10.1. The van der Waals surface area contributed by atoms with Crippen LogP contribution in [-0.2, 0) is 24.6 Å². The predicted octanol–water partition coefficient (Wildman–Crippen LogP) is 4.90. The van der Waals surface area contributed by atoms with Crippen molar-refractivity contribution in [1.82, 2.24) is 4.90 Å². The fourth-order valence-electron chi connectivity index (χ4n) is 8.49. The van der Waals surface area contributed by atoms with Gasteiger partial charge in [-0.25, -0.2) is 9.69 Å². The van der Waals surface area contributed by atoms with Crippen LogP contribution in [0.1, 0.15) is 41.0 Å². The highest BCUT2D eigenvalue weighted by Gasteiger charge is 2.70. The molecule has 10 heteroatoms. The number of benzene rings is 3. The number of hydrogen-bond donors (Lipinski definition) is 2. The van der Waals surface area contributed by atoms with E-state index in [-0.39, 0.29) is 18.6 Å². The minimum absolute atomic E-state index is 0.0989. The molecule has 0 radical (unpaired) electrons. The SMILES string of the molecule is Cc1cc(C2C3=CCC4C(=O)N(C(N)=O)C(=O)C4C3CC3C(=O)N(c4cccc(Cl)c4)C(=O)C32c2ccccc2)cc(C)c1O. The zero-order chi connectivity index (χ0) is 31.9. The monoisotopic (exact) mass is 623 g/mol. The van der Waals surface area contributed by atoms with Gasteiger partial charge in [-0.2, -0.15) is 4.90 Å². The third kappa shape index (κ3) is 3.89. The fraction of sp³-hybridized carbons (Fsp3) is 0.286. The third-order valence-electron chi connectivity index (χ3n) is 10.2. The fourth-order valence-corrected chi connectivity index (χ4v) is 8.68. The van der Waals surface area contributed by atoms with Crippen molar-refractivity contribution in [1.29, 1.82) is 0 Å². The number of halogens is 1. The number of allylic oxidation sites excluding steroid dienone is 2. The lowest BCUT2D eigenvalue weighted by Gasteiger charge is -2.51. The van der Waals surface area contributed by atoms with Crippen LogP contribution in [0.15, 0.2) is 78.4 Å². The zero-order valence-corrected chi connectivity index (χ0v) is 25.3. The lowest BCUT2D eigenvalue weighted by molar-refractivity contribution is -0.136. The summed E-state index contributed by atoms with van der Waals surface area (Å²) in [5, 5.41) is 11.1. The first kappa shape index (κ1) is 29.0. The minimum Gasteiger partial charge on any atom is -0.507 e. The molecular weight excluding hydrogens is 594 g/mol. The molecule has 0 aromatic heterocycles. The van der Waals surface area contributed by atoms with E-state index in [1.54, 1.807) is 38.1 Å². The number of rotatable bonds is 3. The summed E-state index contributed by atoms with van der Waals surface area (Å²) in [4.78, 5) is 70.7. The van der Waals surface area contributed by atoms with Crippen molar-refractivity contribution in [2.45, 2.75) is 38.0 Å². The summed E-state index contributed by atoms with van der Waals surface area (Å²) in [7, 11) is 0. The quantitative estimate of drug-likeness (QED) is 0.314. The van der Waals surface area contributed by atoms with Gasteiger partial charge >= 0.3 is 6.03 Å². The number of likely N-dealkylation sites (tertiary alicyclic amines) is 1. The number of aryl methyl sites for hydroxylation is 2. The van der Waals surface area contributed by atoms with Crippen molar-refractivity contribution >= 4 is 46.9 Å². The van der Waals surface area contributed by atoms with Crippen molar-refractivity contribution in [2.24, 2.45) is 29.4 Å². The Bertz CT molecular complexity index is 1850. The molecular formula is C35H30ClN3O6. The molecule has 6 unspecified atom stereocenters. The van der Waals surface area contributed by atoms with Crippen LogP contribution in [0.25, 0.3) is 0 Å². The Labute approximate surface area is 264 Å². The maximum atomic E-state index is 15.2. The summed E-state index contributed by atoms with van der Waals surface area (Å²) in [5.41, 5.74) is 7.65. The Morgan fingerprint density at radius 2 is 1.60 bits per heavy atom. The van der Waals surface area contributed by atoms with E-state index in [9.17, 15) is 24.3 Å². The largest absolute Gasteiger partial charge is 0.507 e. The number of phenols is 1. The lowest BCUT2D eigenvalue weighted by atomic mass is 9.49. The van der Waals surface area contributed by atoms with Crippen LogP contribution in [-0.4, -0.2) is 39.7 Å². The first-order valence-corrected chi connectivity index (χ1v) is 15.2. The van der Waals surface area contributed by atoms with Crippen LogP contribution < -0.4 is 10.6 Å². The van der Waals surface area contributed by atoms with Gasteiger partial charge in [-0.3, -0.25) is 19.2 Å². The number of carbonyl (C=O) groups excluding carboxylic acids is 5. The van der Waals surface area contributed by atoms with Crippen molar-refractivity contribution in [3.63, 3.8) is 0 Å². The zero-order valence-electron chi connectivity index (χ0n) is 24.6. The van der Waals surface area contributed by atoms with E-state index >= 15 is 4.79 Å². The molecule has 2 saturated heterocycles. The van der Waals surface area contributed by atoms with Gasteiger partial charge in [0.15, 0.2) is 0 Å². The summed E-state index contributed by atoms with van der Waals surface area (Å²) in [5.74, 6) is -6.08. The molecule has 1 saturated carbocycles. The third-order valence-corrected chi connectivity index (χ3v) is 10.5. The number of amides is 6. The van der Waals surface area contributed by atoms with Gasteiger partial charge in [-0.05, 0) is 73.1 Å². The van der Waals surface area contributed by atoms with Crippen LogP contribution in [0.3, 0.4) is 0 Å². The summed E-state index contributed by atoms with van der Waals surface area (Å²) < 4.78 is 0.